The average molecular weight is 309 g/mol. The van der Waals surface area contributed by atoms with Gasteiger partial charge in [0, 0.05) is 11.6 Å². The van der Waals surface area contributed by atoms with Crippen molar-refractivity contribution >= 4 is 22.5 Å². The van der Waals surface area contributed by atoms with Crippen LogP contribution in [0.25, 0.3) is 10.8 Å². The maximum atomic E-state index is 12.6. The van der Waals surface area contributed by atoms with Crippen LogP contribution in [0.5, 0.6) is 5.75 Å². The number of ether oxygens (including phenoxy) is 1. The number of nitrogens with one attached hydrogen (secondary N) is 1. The smallest absolute Gasteiger partial charge is 0.257 e. The highest BCUT2D eigenvalue weighted by Crippen LogP contribution is 2.24. The number of benzene rings is 2. The maximum Gasteiger partial charge on any atom is 0.257 e. The van der Waals surface area contributed by atoms with Crippen LogP contribution in [0.15, 0.2) is 42.5 Å². The first-order valence-electron chi connectivity index (χ1n) is 7.38. The minimum atomic E-state index is -0.224. The largest absolute Gasteiger partial charge is 0.508 e. The molecule has 0 unspecified atom stereocenters. The molecule has 4 rings (SSSR count). The van der Waals surface area contributed by atoms with Crippen molar-refractivity contribution in [2.45, 2.75) is 13.2 Å². The van der Waals surface area contributed by atoms with Crippen molar-refractivity contribution in [1.29, 1.82) is 0 Å². The number of phenols is 1. The Morgan fingerprint density at radius 1 is 1.26 bits per heavy atom. The number of hydrogen-bond donors (Lipinski definition) is 2. The number of rotatable bonds is 2. The average Bonchev–Trinajstić information content (AvgIpc) is 2.96. The standard InChI is InChI=1S/C17H15N3O3/c21-13-4-5-14-11(8-13)2-1-3-15(14)17(22)18-16-9-12-10-23-7-6-20(12)19-16/h1-5,8-9,21H,6-7,10H2,(H,18,19,22). The summed E-state index contributed by atoms with van der Waals surface area (Å²) in [6.45, 7) is 1.84. The van der Waals surface area contributed by atoms with Crippen LogP contribution in [0.1, 0.15) is 16.1 Å². The maximum absolute atomic E-state index is 12.6. The fourth-order valence-corrected chi connectivity index (χ4v) is 2.81. The van der Waals surface area contributed by atoms with Crippen LogP contribution in [0, 0.1) is 0 Å². The zero-order valence-corrected chi connectivity index (χ0v) is 12.3. The van der Waals surface area contributed by atoms with E-state index in [1.165, 1.54) is 0 Å². The molecule has 2 aromatic carbocycles. The van der Waals surface area contributed by atoms with E-state index in [4.69, 9.17) is 4.74 Å². The summed E-state index contributed by atoms with van der Waals surface area (Å²) in [6, 6.07) is 12.2. The van der Waals surface area contributed by atoms with Gasteiger partial charge < -0.3 is 15.2 Å². The van der Waals surface area contributed by atoms with Crippen molar-refractivity contribution in [2.24, 2.45) is 0 Å². The summed E-state index contributed by atoms with van der Waals surface area (Å²) in [6.07, 6.45) is 0. The third-order valence-electron chi connectivity index (χ3n) is 3.91. The summed E-state index contributed by atoms with van der Waals surface area (Å²) in [5.41, 5.74) is 1.50. The van der Waals surface area contributed by atoms with E-state index in [0.717, 1.165) is 16.5 Å². The second kappa shape index (κ2) is 5.40. The third-order valence-corrected chi connectivity index (χ3v) is 3.91. The van der Waals surface area contributed by atoms with Gasteiger partial charge >= 0.3 is 0 Å². The molecule has 1 aromatic heterocycles. The molecule has 0 aliphatic carbocycles. The molecule has 116 valence electrons. The van der Waals surface area contributed by atoms with Crippen LogP contribution < -0.4 is 5.32 Å². The van der Waals surface area contributed by atoms with E-state index >= 15 is 0 Å². The van der Waals surface area contributed by atoms with Crippen molar-refractivity contribution in [2.75, 3.05) is 11.9 Å². The molecule has 0 fully saturated rings. The van der Waals surface area contributed by atoms with Gasteiger partial charge in [-0.05, 0) is 35.0 Å². The van der Waals surface area contributed by atoms with Gasteiger partial charge in [0.15, 0.2) is 5.82 Å². The summed E-state index contributed by atoms with van der Waals surface area (Å²) in [5.74, 6) is 0.473. The van der Waals surface area contributed by atoms with Gasteiger partial charge in [0.05, 0.1) is 25.5 Å². The van der Waals surface area contributed by atoms with Gasteiger partial charge in [-0.15, -0.1) is 0 Å². The Morgan fingerprint density at radius 3 is 3.04 bits per heavy atom. The number of aromatic hydroxyl groups is 1. The number of hydrogen-bond acceptors (Lipinski definition) is 4. The van der Waals surface area contributed by atoms with E-state index in [0.29, 0.717) is 31.1 Å². The van der Waals surface area contributed by atoms with Gasteiger partial charge in [-0.3, -0.25) is 9.48 Å². The molecule has 0 radical (unpaired) electrons. The second-order valence-electron chi connectivity index (χ2n) is 5.46. The van der Waals surface area contributed by atoms with Crippen molar-refractivity contribution in [1.82, 2.24) is 9.78 Å². The summed E-state index contributed by atoms with van der Waals surface area (Å²) in [5, 5.41) is 18.4. The summed E-state index contributed by atoms with van der Waals surface area (Å²) < 4.78 is 7.22. The van der Waals surface area contributed by atoms with E-state index in [9.17, 15) is 9.90 Å². The first-order chi connectivity index (χ1) is 11.2. The lowest BCUT2D eigenvalue weighted by Crippen LogP contribution is -2.17. The van der Waals surface area contributed by atoms with E-state index in [1.54, 1.807) is 30.3 Å². The van der Waals surface area contributed by atoms with Crippen molar-refractivity contribution in [3.05, 3.63) is 53.7 Å². The first-order valence-corrected chi connectivity index (χ1v) is 7.38. The first kappa shape index (κ1) is 13.8. The van der Waals surface area contributed by atoms with Gasteiger partial charge in [0.1, 0.15) is 5.75 Å². The molecule has 0 bridgehead atoms. The molecule has 0 saturated heterocycles. The second-order valence-corrected chi connectivity index (χ2v) is 5.46. The zero-order chi connectivity index (χ0) is 15.8. The summed E-state index contributed by atoms with van der Waals surface area (Å²) in [4.78, 5) is 12.6. The number of phenolic OH excluding ortho intramolecular Hbond substituents is 1. The zero-order valence-electron chi connectivity index (χ0n) is 12.3. The molecule has 3 aromatic rings. The monoisotopic (exact) mass is 309 g/mol. The Kier molecular flexibility index (Phi) is 3.24. The highest BCUT2D eigenvalue weighted by atomic mass is 16.5. The quantitative estimate of drug-likeness (QED) is 0.762. The van der Waals surface area contributed by atoms with E-state index < -0.39 is 0 Å². The molecule has 1 aliphatic heterocycles. The fourth-order valence-electron chi connectivity index (χ4n) is 2.81. The highest BCUT2D eigenvalue weighted by Gasteiger charge is 2.16. The Morgan fingerprint density at radius 2 is 2.17 bits per heavy atom. The molecular formula is C17H15N3O3. The third kappa shape index (κ3) is 2.53. The molecule has 2 N–H and O–H groups in total. The Balaban J connectivity index is 1.65. The van der Waals surface area contributed by atoms with Crippen LogP contribution in [-0.4, -0.2) is 27.4 Å². The van der Waals surface area contributed by atoms with Gasteiger partial charge in [-0.25, -0.2) is 0 Å². The number of fused-ring (bicyclic) bond motifs is 2. The SMILES string of the molecule is O=C(Nc1cc2n(n1)CCOC2)c1cccc2cc(O)ccc12. The van der Waals surface area contributed by atoms with Crippen LogP contribution >= 0.6 is 0 Å². The van der Waals surface area contributed by atoms with E-state index in [1.807, 2.05) is 16.8 Å². The predicted molar refractivity (Wildman–Crippen MR) is 85.4 cm³/mol. The van der Waals surface area contributed by atoms with Gasteiger partial charge in [-0.1, -0.05) is 12.1 Å². The number of aromatic nitrogens is 2. The molecule has 6 heteroatoms. The van der Waals surface area contributed by atoms with Crippen LogP contribution in [0.2, 0.25) is 0 Å². The Labute approximate surface area is 132 Å². The Bertz CT molecular complexity index is 878. The molecule has 6 nitrogen and oxygen atoms in total. The number of amides is 1. The molecule has 1 amide bonds. The number of carbonyl (C=O) groups is 1. The van der Waals surface area contributed by atoms with Crippen LogP contribution in [0.4, 0.5) is 5.82 Å². The minimum Gasteiger partial charge on any atom is -0.508 e. The molecule has 0 atom stereocenters. The molecule has 23 heavy (non-hydrogen) atoms. The molecule has 0 spiro atoms. The van der Waals surface area contributed by atoms with E-state index in [-0.39, 0.29) is 11.7 Å². The number of nitrogens with zero attached hydrogens (tertiary/aromatic N) is 2. The Hall–Kier alpha value is -2.86. The molecular weight excluding hydrogens is 294 g/mol. The van der Waals surface area contributed by atoms with Gasteiger partial charge in [0.25, 0.3) is 5.91 Å². The lowest BCUT2D eigenvalue weighted by atomic mass is 10.0. The lowest BCUT2D eigenvalue weighted by Gasteiger charge is -2.12. The normalized spacial score (nSPS) is 13.7. The fraction of sp³-hybridized carbons (Fsp3) is 0.176. The van der Waals surface area contributed by atoms with Gasteiger partial charge in [-0.2, -0.15) is 5.10 Å². The molecule has 1 aliphatic rings. The number of carbonyl (C=O) groups excluding carboxylic acids is 1. The van der Waals surface area contributed by atoms with Gasteiger partial charge in [0.2, 0.25) is 0 Å². The van der Waals surface area contributed by atoms with Crippen molar-refractivity contribution < 1.29 is 14.6 Å². The summed E-state index contributed by atoms with van der Waals surface area (Å²) in [7, 11) is 0. The van der Waals surface area contributed by atoms with Crippen LogP contribution in [-0.2, 0) is 17.9 Å². The highest BCUT2D eigenvalue weighted by molar-refractivity contribution is 6.12. The molecule has 0 saturated carbocycles. The summed E-state index contributed by atoms with van der Waals surface area (Å²) >= 11 is 0. The topological polar surface area (TPSA) is 76.4 Å². The van der Waals surface area contributed by atoms with E-state index in [2.05, 4.69) is 10.4 Å². The minimum absolute atomic E-state index is 0.178. The lowest BCUT2D eigenvalue weighted by molar-refractivity contribution is 0.0801. The van der Waals surface area contributed by atoms with Crippen LogP contribution in [0.3, 0.4) is 0 Å². The van der Waals surface area contributed by atoms with Crippen molar-refractivity contribution in [3.63, 3.8) is 0 Å². The predicted octanol–water partition coefficient (Wildman–Crippen LogP) is 2.52. The van der Waals surface area contributed by atoms with Crippen molar-refractivity contribution in [3.8, 4) is 5.75 Å². The number of anilines is 1. The molecule has 2 heterocycles.